The van der Waals surface area contributed by atoms with Crippen LogP contribution in [0.1, 0.15) is 36.0 Å². The second-order valence-electron chi connectivity index (χ2n) is 8.95. The van der Waals surface area contributed by atoms with Crippen LogP contribution in [0.3, 0.4) is 0 Å². The quantitative estimate of drug-likeness (QED) is 0.568. The minimum atomic E-state index is -0.115. The Morgan fingerprint density at radius 1 is 0.941 bits per heavy atom. The molecule has 2 amide bonds. The number of carbonyl (C=O) groups is 2. The normalized spacial score (nSPS) is 17.4. The van der Waals surface area contributed by atoms with Crippen molar-refractivity contribution in [3.63, 3.8) is 0 Å². The zero-order valence-corrected chi connectivity index (χ0v) is 20.2. The van der Waals surface area contributed by atoms with E-state index < -0.39 is 0 Å². The fraction of sp³-hybridized carbons (Fsp3) is 0.462. The number of hydrogen-bond donors (Lipinski definition) is 2. The summed E-state index contributed by atoms with van der Waals surface area (Å²) in [7, 11) is 0. The fourth-order valence-electron chi connectivity index (χ4n) is 4.53. The number of rotatable bonds is 9. The van der Waals surface area contributed by atoms with Gasteiger partial charge in [0.25, 0.3) is 5.91 Å². The first-order valence-electron chi connectivity index (χ1n) is 12.1. The molecule has 2 fully saturated rings. The molecule has 182 valence electrons. The summed E-state index contributed by atoms with van der Waals surface area (Å²) in [6.45, 7) is 5.06. The van der Waals surface area contributed by atoms with Gasteiger partial charge in [-0.15, -0.1) is 0 Å². The Morgan fingerprint density at radius 3 is 2.38 bits per heavy atom. The SMILES string of the molecule is O=C(CN1CCN(CCOc2ccccc2Cl)CC1)Nc1ccccc1C(=O)NC1CCCC1. The van der Waals surface area contributed by atoms with Gasteiger partial charge in [0.1, 0.15) is 12.4 Å². The van der Waals surface area contributed by atoms with Crippen LogP contribution >= 0.6 is 11.6 Å². The van der Waals surface area contributed by atoms with E-state index in [0.717, 1.165) is 58.4 Å². The molecule has 0 radical (unpaired) electrons. The average molecular weight is 485 g/mol. The Morgan fingerprint density at radius 2 is 1.62 bits per heavy atom. The molecule has 0 unspecified atom stereocenters. The smallest absolute Gasteiger partial charge is 0.253 e. The van der Waals surface area contributed by atoms with Crippen molar-refractivity contribution in [2.45, 2.75) is 31.7 Å². The number of nitrogens with one attached hydrogen (secondary N) is 2. The third kappa shape index (κ3) is 6.95. The van der Waals surface area contributed by atoms with Crippen molar-refractivity contribution < 1.29 is 14.3 Å². The van der Waals surface area contributed by atoms with Gasteiger partial charge in [-0.05, 0) is 37.1 Å². The number of carbonyl (C=O) groups excluding carboxylic acids is 2. The second kappa shape index (κ2) is 12.2. The third-order valence-corrected chi connectivity index (χ3v) is 6.78. The van der Waals surface area contributed by atoms with Crippen LogP contribution in [0.4, 0.5) is 5.69 Å². The monoisotopic (exact) mass is 484 g/mol. The molecule has 1 saturated carbocycles. The molecule has 1 heterocycles. The van der Waals surface area contributed by atoms with Gasteiger partial charge in [0.2, 0.25) is 5.91 Å². The van der Waals surface area contributed by atoms with E-state index >= 15 is 0 Å². The number of piperazine rings is 1. The van der Waals surface area contributed by atoms with Crippen molar-refractivity contribution in [1.29, 1.82) is 0 Å². The van der Waals surface area contributed by atoms with E-state index in [1.165, 1.54) is 0 Å². The first-order valence-corrected chi connectivity index (χ1v) is 12.5. The van der Waals surface area contributed by atoms with Gasteiger partial charge >= 0.3 is 0 Å². The van der Waals surface area contributed by atoms with Gasteiger partial charge in [0, 0.05) is 38.8 Å². The highest BCUT2D eigenvalue weighted by molar-refractivity contribution is 6.32. The Hall–Kier alpha value is -2.61. The number of para-hydroxylation sites is 2. The van der Waals surface area contributed by atoms with Crippen LogP contribution in [0.25, 0.3) is 0 Å². The minimum Gasteiger partial charge on any atom is -0.491 e. The van der Waals surface area contributed by atoms with Crippen LogP contribution in [-0.2, 0) is 4.79 Å². The predicted octanol–water partition coefficient (Wildman–Crippen LogP) is 3.65. The molecule has 2 aliphatic rings. The number of ether oxygens (including phenoxy) is 1. The summed E-state index contributed by atoms with van der Waals surface area (Å²) in [5.41, 5.74) is 1.09. The van der Waals surface area contributed by atoms with Crippen molar-refractivity contribution in [2.24, 2.45) is 0 Å². The Kier molecular flexibility index (Phi) is 8.79. The number of hydrogen-bond acceptors (Lipinski definition) is 5. The Balaban J connectivity index is 1.19. The summed E-state index contributed by atoms with van der Waals surface area (Å²) in [6.07, 6.45) is 4.37. The first-order chi connectivity index (χ1) is 16.6. The topological polar surface area (TPSA) is 73.9 Å². The van der Waals surface area contributed by atoms with E-state index in [4.69, 9.17) is 16.3 Å². The first kappa shape index (κ1) is 24.5. The lowest BCUT2D eigenvalue weighted by molar-refractivity contribution is -0.117. The number of nitrogens with zero attached hydrogens (tertiary/aromatic N) is 2. The van der Waals surface area contributed by atoms with Gasteiger partial charge < -0.3 is 15.4 Å². The number of anilines is 1. The highest BCUT2D eigenvalue weighted by Gasteiger charge is 2.22. The zero-order chi connectivity index (χ0) is 23.8. The number of amides is 2. The van der Waals surface area contributed by atoms with Gasteiger partial charge in [-0.2, -0.15) is 0 Å². The molecule has 2 N–H and O–H groups in total. The summed E-state index contributed by atoms with van der Waals surface area (Å²) in [4.78, 5) is 29.9. The van der Waals surface area contributed by atoms with Gasteiger partial charge in [-0.3, -0.25) is 19.4 Å². The van der Waals surface area contributed by atoms with E-state index in [1.54, 1.807) is 12.1 Å². The lowest BCUT2D eigenvalue weighted by atomic mass is 10.1. The standard InChI is InChI=1S/C26H33ClN4O3/c27-22-10-4-6-12-24(22)34-18-17-30-13-15-31(16-14-30)19-25(32)29-23-11-5-3-9-21(23)26(33)28-20-7-1-2-8-20/h3-6,9-12,20H,1-2,7-8,13-19H2,(H,28,33)(H,29,32). The van der Waals surface area contributed by atoms with E-state index in [2.05, 4.69) is 20.4 Å². The molecule has 8 heteroatoms. The molecule has 0 atom stereocenters. The van der Waals surface area contributed by atoms with Crippen LogP contribution in [0.5, 0.6) is 5.75 Å². The van der Waals surface area contributed by atoms with Crippen molar-refractivity contribution in [2.75, 3.05) is 51.2 Å². The molecule has 1 aliphatic heterocycles. The highest BCUT2D eigenvalue weighted by atomic mass is 35.5. The van der Waals surface area contributed by atoms with E-state index in [9.17, 15) is 9.59 Å². The molecule has 7 nitrogen and oxygen atoms in total. The van der Waals surface area contributed by atoms with Gasteiger partial charge in [0.05, 0.1) is 22.8 Å². The molecule has 34 heavy (non-hydrogen) atoms. The minimum absolute atomic E-state index is 0.100. The zero-order valence-electron chi connectivity index (χ0n) is 19.5. The Bertz CT molecular complexity index is 972. The molecule has 2 aromatic carbocycles. The summed E-state index contributed by atoms with van der Waals surface area (Å²) in [5.74, 6) is 0.490. The third-order valence-electron chi connectivity index (χ3n) is 6.47. The van der Waals surface area contributed by atoms with Crippen molar-refractivity contribution in [1.82, 2.24) is 15.1 Å². The van der Waals surface area contributed by atoms with Gasteiger partial charge in [-0.1, -0.05) is 48.7 Å². The molecule has 0 aromatic heterocycles. The molecular weight excluding hydrogens is 452 g/mol. The van der Waals surface area contributed by atoms with Gasteiger partial charge in [0.15, 0.2) is 0 Å². The number of halogens is 1. The average Bonchev–Trinajstić information content (AvgIpc) is 3.35. The second-order valence-corrected chi connectivity index (χ2v) is 9.35. The van der Waals surface area contributed by atoms with E-state index in [-0.39, 0.29) is 17.9 Å². The maximum atomic E-state index is 12.7. The van der Waals surface area contributed by atoms with Crippen LogP contribution in [0.15, 0.2) is 48.5 Å². The van der Waals surface area contributed by atoms with Crippen LogP contribution < -0.4 is 15.4 Å². The van der Waals surface area contributed by atoms with E-state index in [1.807, 2.05) is 36.4 Å². The summed E-state index contributed by atoms with van der Waals surface area (Å²) in [5, 5.41) is 6.67. The molecule has 2 aromatic rings. The molecule has 4 rings (SSSR count). The lowest BCUT2D eigenvalue weighted by Crippen LogP contribution is -2.49. The van der Waals surface area contributed by atoms with Gasteiger partial charge in [-0.25, -0.2) is 0 Å². The maximum Gasteiger partial charge on any atom is 0.253 e. The largest absolute Gasteiger partial charge is 0.491 e. The van der Waals surface area contributed by atoms with Crippen LogP contribution in [-0.4, -0.2) is 73.5 Å². The van der Waals surface area contributed by atoms with Crippen LogP contribution in [0, 0.1) is 0 Å². The molecule has 1 aliphatic carbocycles. The fourth-order valence-corrected chi connectivity index (χ4v) is 4.72. The van der Waals surface area contributed by atoms with Crippen LogP contribution in [0.2, 0.25) is 5.02 Å². The molecule has 1 saturated heterocycles. The van der Waals surface area contributed by atoms with Crippen molar-refractivity contribution >= 4 is 29.1 Å². The summed E-state index contributed by atoms with van der Waals surface area (Å²) in [6, 6.07) is 14.9. The Labute approximate surface area is 206 Å². The summed E-state index contributed by atoms with van der Waals surface area (Å²) >= 11 is 6.13. The maximum absolute atomic E-state index is 12.7. The molecule has 0 bridgehead atoms. The summed E-state index contributed by atoms with van der Waals surface area (Å²) < 4.78 is 5.79. The number of benzene rings is 2. The molecule has 0 spiro atoms. The van der Waals surface area contributed by atoms with Crippen molar-refractivity contribution in [3.8, 4) is 5.75 Å². The lowest BCUT2D eigenvalue weighted by Gasteiger charge is -2.34. The van der Waals surface area contributed by atoms with Crippen molar-refractivity contribution in [3.05, 3.63) is 59.1 Å². The highest BCUT2D eigenvalue weighted by Crippen LogP contribution is 2.23. The predicted molar refractivity (Wildman–Crippen MR) is 135 cm³/mol. The van der Waals surface area contributed by atoms with E-state index in [0.29, 0.717) is 35.2 Å². The molecular formula is C26H33ClN4O3.